The van der Waals surface area contributed by atoms with Crippen LogP contribution in [0.5, 0.6) is 0 Å². The van der Waals surface area contributed by atoms with E-state index in [-0.39, 0.29) is 29.1 Å². The van der Waals surface area contributed by atoms with Gasteiger partial charge in [0, 0.05) is 24.3 Å². The molecule has 3 heterocycles. The fraction of sp³-hybridized carbons (Fsp3) is 0.381. The molecule has 0 spiro atoms. The van der Waals surface area contributed by atoms with Crippen molar-refractivity contribution in [1.29, 1.82) is 0 Å². The van der Waals surface area contributed by atoms with Crippen molar-refractivity contribution in [2.24, 2.45) is 5.92 Å². The van der Waals surface area contributed by atoms with Crippen molar-refractivity contribution < 1.29 is 31.0 Å². The zero-order chi connectivity index (χ0) is 16.4. The fourth-order valence-corrected chi connectivity index (χ4v) is 4.33. The van der Waals surface area contributed by atoms with Crippen LogP contribution in [0.2, 0.25) is 0 Å². The van der Waals surface area contributed by atoms with Gasteiger partial charge in [0.1, 0.15) is 13.1 Å². The largest absolute Gasteiger partial charge is 1.00 e. The molecule has 2 bridgehead atoms. The van der Waals surface area contributed by atoms with E-state index in [0.29, 0.717) is 11.5 Å². The molecule has 3 nitrogen and oxygen atoms in total. The van der Waals surface area contributed by atoms with Crippen molar-refractivity contribution in [1.82, 2.24) is 0 Å². The molecule has 0 radical (unpaired) electrons. The van der Waals surface area contributed by atoms with Gasteiger partial charge < -0.3 is 26.2 Å². The van der Waals surface area contributed by atoms with Gasteiger partial charge in [0.25, 0.3) is 0 Å². The summed E-state index contributed by atoms with van der Waals surface area (Å²) in [6.07, 6.45) is 2.39. The number of nitrogens with zero attached hydrogens (tertiary/aromatic N) is 1. The third-order valence-electron chi connectivity index (χ3n) is 5.67. The van der Waals surface area contributed by atoms with Crippen LogP contribution in [0.1, 0.15) is 28.8 Å². The molecule has 0 N–H and O–H groups in total. The first-order valence-corrected chi connectivity index (χ1v) is 8.89. The highest BCUT2D eigenvalue weighted by Crippen LogP contribution is 2.37. The lowest BCUT2D eigenvalue weighted by molar-refractivity contribution is -0.958. The molecular formula is C21H24BrNO2. The first kappa shape index (κ1) is 18.2. The molecule has 2 aromatic carbocycles. The van der Waals surface area contributed by atoms with Gasteiger partial charge in [0.05, 0.1) is 18.7 Å². The first-order chi connectivity index (χ1) is 11.7. The maximum atomic E-state index is 12.4. The van der Waals surface area contributed by atoms with Crippen molar-refractivity contribution in [3.8, 4) is 0 Å². The minimum atomic E-state index is -0.174. The van der Waals surface area contributed by atoms with Crippen LogP contribution in [0.25, 0.3) is 0 Å². The van der Waals surface area contributed by atoms with Crippen LogP contribution in [0.15, 0.2) is 60.7 Å². The van der Waals surface area contributed by atoms with E-state index in [1.165, 1.54) is 31.5 Å². The van der Waals surface area contributed by atoms with Crippen molar-refractivity contribution in [3.63, 3.8) is 0 Å². The van der Waals surface area contributed by atoms with E-state index in [2.05, 4.69) is 30.3 Å². The van der Waals surface area contributed by atoms with Crippen LogP contribution in [0.4, 0.5) is 0 Å². The van der Waals surface area contributed by atoms with Crippen molar-refractivity contribution >= 4 is 5.97 Å². The van der Waals surface area contributed by atoms with Crippen LogP contribution in [-0.4, -0.2) is 36.2 Å². The van der Waals surface area contributed by atoms with E-state index in [0.717, 1.165) is 17.6 Å². The van der Waals surface area contributed by atoms with Gasteiger partial charge in [-0.15, -0.1) is 0 Å². The Labute approximate surface area is 160 Å². The number of benzene rings is 2. The number of carbonyl (C=O) groups excluding carboxylic acids is 1. The first-order valence-electron chi connectivity index (χ1n) is 8.89. The summed E-state index contributed by atoms with van der Waals surface area (Å²) in [5, 5.41) is 0. The second-order valence-electron chi connectivity index (χ2n) is 7.26. The molecule has 3 aliphatic rings. The van der Waals surface area contributed by atoms with Crippen LogP contribution in [0, 0.1) is 5.92 Å². The molecule has 4 heteroatoms. The second kappa shape index (κ2) is 7.71. The summed E-state index contributed by atoms with van der Waals surface area (Å²) in [5.41, 5.74) is 2.04. The van der Waals surface area contributed by atoms with Gasteiger partial charge in [0.15, 0.2) is 6.10 Å². The lowest BCUT2D eigenvalue weighted by Crippen LogP contribution is -3.00. The Hall–Kier alpha value is -1.65. The van der Waals surface area contributed by atoms with Gasteiger partial charge in [-0.25, -0.2) is 4.79 Å². The molecule has 3 aliphatic heterocycles. The Morgan fingerprint density at radius 1 is 0.960 bits per heavy atom. The summed E-state index contributed by atoms with van der Waals surface area (Å²) in [4.78, 5) is 12.4. The Kier molecular flexibility index (Phi) is 5.60. The van der Waals surface area contributed by atoms with Crippen molar-refractivity contribution in [2.45, 2.75) is 25.5 Å². The summed E-state index contributed by atoms with van der Waals surface area (Å²) < 4.78 is 6.98. The van der Waals surface area contributed by atoms with Crippen molar-refractivity contribution in [3.05, 3.63) is 71.8 Å². The normalized spacial score (nSPS) is 27.4. The van der Waals surface area contributed by atoms with E-state index in [4.69, 9.17) is 4.74 Å². The summed E-state index contributed by atoms with van der Waals surface area (Å²) in [6.45, 7) is 4.42. The Balaban J connectivity index is 0.00000182. The predicted molar refractivity (Wildman–Crippen MR) is 93.4 cm³/mol. The monoisotopic (exact) mass is 401 g/mol. The van der Waals surface area contributed by atoms with E-state index < -0.39 is 0 Å². The average molecular weight is 402 g/mol. The number of piperidine rings is 3. The highest BCUT2D eigenvalue weighted by atomic mass is 79.9. The summed E-state index contributed by atoms with van der Waals surface area (Å²) in [5.74, 6) is 0.362. The molecule has 2 aromatic rings. The molecule has 5 rings (SSSR count). The number of esters is 1. The SMILES string of the molecule is O=C(O[C@H]1C[N+]2(Cc3ccccc3)CCC1CC2)c1ccccc1.[Br-]. The molecule has 3 fully saturated rings. The van der Waals surface area contributed by atoms with Crippen LogP contribution >= 0.6 is 0 Å². The number of ether oxygens (including phenoxy) is 1. The minimum absolute atomic E-state index is 0. The van der Waals surface area contributed by atoms with Gasteiger partial charge in [-0.3, -0.25) is 0 Å². The number of fused-ring (bicyclic) bond motifs is 3. The lowest BCUT2D eigenvalue weighted by atomic mass is 9.83. The molecule has 0 aromatic heterocycles. The van der Waals surface area contributed by atoms with Crippen LogP contribution < -0.4 is 17.0 Å². The lowest BCUT2D eigenvalue weighted by Gasteiger charge is -2.52. The van der Waals surface area contributed by atoms with E-state index in [1.54, 1.807) is 0 Å². The number of carbonyl (C=O) groups is 1. The zero-order valence-electron chi connectivity index (χ0n) is 14.3. The highest BCUT2D eigenvalue weighted by Gasteiger charge is 2.47. The zero-order valence-corrected chi connectivity index (χ0v) is 15.9. The average Bonchev–Trinajstić information content (AvgIpc) is 2.64. The summed E-state index contributed by atoms with van der Waals surface area (Å²) >= 11 is 0. The van der Waals surface area contributed by atoms with E-state index in [9.17, 15) is 4.79 Å². The Morgan fingerprint density at radius 2 is 1.56 bits per heavy atom. The van der Waals surface area contributed by atoms with Crippen LogP contribution in [0.3, 0.4) is 0 Å². The topological polar surface area (TPSA) is 26.3 Å². The van der Waals surface area contributed by atoms with Gasteiger partial charge in [-0.2, -0.15) is 0 Å². The maximum absolute atomic E-state index is 12.4. The van der Waals surface area contributed by atoms with Gasteiger partial charge in [-0.1, -0.05) is 48.5 Å². The van der Waals surface area contributed by atoms with E-state index in [1.807, 2.05) is 30.3 Å². The summed E-state index contributed by atoms with van der Waals surface area (Å²) in [6, 6.07) is 20.1. The Bertz CT molecular complexity index is 696. The molecular weight excluding hydrogens is 378 g/mol. The van der Waals surface area contributed by atoms with E-state index >= 15 is 0 Å². The molecule has 3 saturated heterocycles. The molecule has 0 amide bonds. The van der Waals surface area contributed by atoms with Crippen LogP contribution in [-0.2, 0) is 11.3 Å². The Morgan fingerprint density at radius 3 is 2.20 bits per heavy atom. The smallest absolute Gasteiger partial charge is 0.338 e. The highest BCUT2D eigenvalue weighted by molar-refractivity contribution is 5.89. The molecule has 0 aliphatic carbocycles. The fourth-order valence-electron chi connectivity index (χ4n) is 4.33. The number of quaternary nitrogens is 1. The number of hydrogen-bond acceptors (Lipinski definition) is 2. The number of hydrogen-bond donors (Lipinski definition) is 0. The molecule has 132 valence electrons. The quantitative estimate of drug-likeness (QED) is 0.555. The molecule has 0 saturated carbocycles. The number of halogens is 1. The third-order valence-corrected chi connectivity index (χ3v) is 5.67. The third kappa shape index (κ3) is 3.96. The van der Waals surface area contributed by atoms with Gasteiger partial charge >= 0.3 is 5.97 Å². The molecule has 0 unspecified atom stereocenters. The molecule has 25 heavy (non-hydrogen) atoms. The van der Waals surface area contributed by atoms with Gasteiger partial charge in [-0.05, 0) is 12.1 Å². The van der Waals surface area contributed by atoms with Crippen molar-refractivity contribution in [2.75, 3.05) is 19.6 Å². The summed E-state index contributed by atoms with van der Waals surface area (Å²) in [7, 11) is 0. The predicted octanol–water partition coefficient (Wildman–Crippen LogP) is 0.657. The molecule has 1 atom stereocenters. The standard InChI is InChI=1S/C21H24NO2.BrH/c23-21(19-9-5-2-6-10-19)24-20-16-22(13-11-18(20)12-14-22)15-17-7-3-1-4-8-17;/h1-10,18,20H,11-16H2;1H/q+1;/p-1/t18?,20-,22?;/m0./s1. The minimum Gasteiger partial charge on any atom is -1.00 e. The van der Waals surface area contributed by atoms with Gasteiger partial charge in [0.2, 0.25) is 0 Å². The maximum Gasteiger partial charge on any atom is 0.338 e. The number of rotatable bonds is 4. The second-order valence-corrected chi connectivity index (χ2v) is 7.26.